The van der Waals surface area contributed by atoms with E-state index in [0.29, 0.717) is 30.0 Å². The van der Waals surface area contributed by atoms with Gasteiger partial charge in [0.05, 0.1) is 0 Å². The van der Waals surface area contributed by atoms with Crippen molar-refractivity contribution in [3.63, 3.8) is 0 Å². The topological polar surface area (TPSA) is 76.7 Å². The first kappa shape index (κ1) is 19.7. The molecule has 1 aliphatic heterocycles. The Hall–Kier alpha value is -3.02. The molecule has 2 amide bonds. The number of benzene rings is 2. The number of fused-ring (bicyclic) bond motifs is 1. The van der Waals surface area contributed by atoms with Crippen LogP contribution in [0.5, 0.6) is 11.5 Å². The number of nitrogens with one attached hydrogen (secondary N) is 2. The van der Waals surface area contributed by atoms with Crippen LogP contribution in [0.3, 0.4) is 0 Å². The fourth-order valence-corrected chi connectivity index (χ4v) is 3.13. The standard InChI is InChI=1S/C22H26N2O4/c1-14(2)10-18(24-21(25)17-7-5-4-6-15(17)3)22(26)23-12-16-8-9-19-20(11-16)28-13-27-19/h4-9,11,14,18H,10,12-13H2,1-3H3,(H,23,26)(H,24,25)/t18-/m0/s1. The van der Waals surface area contributed by atoms with E-state index < -0.39 is 6.04 Å². The lowest BCUT2D eigenvalue weighted by atomic mass is 10.0. The number of aryl methyl sites for hydroxylation is 1. The summed E-state index contributed by atoms with van der Waals surface area (Å²) in [5, 5.41) is 5.80. The summed E-state index contributed by atoms with van der Waals surface area (Å²) in [5.41, 5.74) is 2.37. The average molecular weight is 382 g/mol. The third kappa shape index (κ3) is 4.82. The first-order chi connectivity index (χ1) is 13.4. The van der Waals surface area contributed by atoms with E-state index in [2.05, 4.69) is 10.6 Å². The number of hydrogen-bond donors (Lipinski definition) is 2. The molecule has 6 heteroatoms. The normalized spacial score (nSPS) is 13.3. The molecule has 148 valence electrons. The van der Waals surface area contributed by atoms with Crippen LogP contribution in [0.1, 0.15) is 41.8 Å². The first-order valence-corrected chi connectivity index (χ1v) is 9.46. The third-order valence-electron chi connectivity index (χ3n) is 4.62. The summed E-state index contributed by atoms with van der Waals surface area (Å²) in [7, 11) is 0. The Balaban J connectivity index is 1.64. The quantitative estimate of drug-likeness (QED) is 0.771. The number of amides is 2. The highest BCUT2D eigenvalue weighted by atomic mass is 16.7. The van der Waals surface area contributed by atoms with Gasteiger partial charge in [-0.25, -0.2) is 0 Å². The fraction of sp³-hybridized carbons (Fsp3) is 0.364. The van der Waals surface area contributed by atoms with E-state index in [1.807, 2.05) is 57.2 Å². The second-order valence-corrected chi connectivity index (χ2v) is 7.38. The van der Waals surface area contributed by atoms with Gasteiger partial charge in [-0.05, 0) is 48.6 Å². The van der Waals surface area contributed by atoms with E-state index in [9.17, 15) is 9.59 Å². The van der Waals surface area contributed by atoms with Gasteiger partial charge in [0.1, 0.15) is 6.04 Å². The summed E-state index contributed by atoms with van der Waals surface area (Å²) in [6, 6.07) is 12.3. The summed E-state index contributed by atoms with van der Waals surface area (Å²) < 4.78 is 10.7. The van der Waals surface area contributed by atoms with Gasteiger partial charge in [-0.1, -0.05) is 38.1 Å². The molecule has 3 rings (SSSR count). The van der Waals surface area contributed by atoms with Crippen LogP contribution in [0.2, 0.25) is 0 Å². The predicted octanol–water partition coefficient (Wildman–Crippen LogP) is 3.18. The highest BCUT2D eigenvalue weighted by molar-refractivity contribution is 5.98. The molecule has 2 aromatic carbocycles. The molecule has 0 unspecified atom stereocenters. The Bertz CT molecular complexity index is 863. The molecule has 0 aromatic heterocycles. The minimum absolute atomic E-state index is 0.201. The molecule has 0 saturated heterocycles. The minimum atomic E-state index is -0.596. The molecule has 1 atom stereocenters. The van der Waals surface area contributed by atoms with Crippen LogP contribution < -0.4 is 20.1 Å². The SMILES string of the molecule is Cc1ccccc1C(=O)N[C@@H](CC(C)C)C(=O)NCc1ccc2c(c1)OCO2. The number of carbonyl (C=O) groups is 2. The largest absolute Gasteiger partial charge is 0.454 e. The van der Waals surface area contributed by atoms with Crippen molar-refractivity contribution in [2.24, 2.45) is 5.92 Å². The molecule has 1 heterocycles. The molecule has 0 aliphatic carbocycles. The van der Waals surface area contributed by atoms with Crippen molar-refractivity contribution in [2.75, 3.05) is 6.79 Å². The second-order valence-electron chi connectivity index (χ2n) is 7.38. The summed E-state index contributed by atoms with van der Waals surface area (Å²) in [5.74, 6) is 1.21. The molecule has 0 saturated carbocycles. The Kier molecular flexibility index (Phi) is 6.19. The summed E-state index contributed by atoms with van der Waals surface area (Å²) in [6.45, 7) is 6.50. The van der Waals surface area contributed by atoms with Crippen molar-refractivity contribution in [2.45, 2.75) is 39.8 Å². The van der Waals surface area contributed by atoms with E-state index >= 15 is 0 Å². The van der Waals surface area contributed by atoms with Crippen LogP contribution >= 0.6 is 0 Å². The minimum Gasteiger partial charge on any atom is -0.454 e. The molecule has 0 fully saturated rings. The van der Waals surface area contributed by atoms with Crippen LogP contribution in [0.25, 0.3) is 0 Å². The van der Waals surface area contributed by atoms with Gasteiger partial charge in [-0.2, -0.15) is 0 Å². The van der Waals surface area contributed by atoms with Crippen molar-refractivity contribution in [1.29, 1.82) is 0 Å². The van der Waals surface area contributed by atoms with Gasteiger partial charge in [-0.15, -0.1) is 0 Å². The molecular formula is C22H26N2O4. The monoisotopic (exact) mass is 382 g/mol. The van der Waals surface area contributed by atoms with Crippen LogP contribution in [0.4, 0.5) is 0 Å². The Morgan fingerprint density at radius 3 is 2.57 bits per heavy atom. The molecule has 0 spiro atoms. The maximum atomic E-state index is 12.8. The summed E-state index contributed by atoms with van der Waals surface area (Å²) >= 11 is 0. The molecule has 6 nitrogen and oxygen atoms in total. The van der Waals surface area contributed by atoms with Crippen molar-refractivity contribution >= 4 is 11.8 Å². The zero-order chi connectivity index (χ0) is 20.1. The number of hydrogen-bond acceptors (Lipinski definition) is 4. The van der Waals surface area contributed by atoms with Crippen molar-refractivity contribution in [3.05, 3.63) is 59.2 Å². The molecule has 0 radical (unpaired) electrons. The maximum Gasteiger partial charge on any atom is 0.252 e. The van der Waals surface area contributed by atoms with Gasteiger partial charge in [0, 0.05) is 12.1 Å². The van der Waals surface area contributed by atoms with E-state index in [1.54, 1.807) is 6.07 Å². The Labute approximate surface area is 165 Å². The fourth-order valence-electron chi connectivity index (χ4n) is 3.13. The van der Waals surface area contributed by atoms with E-state index in [1.165, 1.54) is 0 Å². The first-order valence-electron chi connectivity index (χ1n) is 9.46. The Morgan fingerprint density at radius 1 is 1.07 bits per heavy atom. The van der Waals surface area contributed by atoms with Gasteiger partial charge >= 0.3 is 0 Å². The summed E-state index contributed by atoms with van der Waals surface area (Å²) in [6.07, 6.45) is 0.560. The lowest BCUT2D eigenvalue weighted by molar-refractivity contribution is -0.123. The predicted molar refractivity (Wildman–Crippen MR) is 106 cm³/mol. The average Bonchev–Trinajstić information content (AvgIpc) is 3.13. The zero-order valence-electron chi connectivity index (χ0n) is 16.5. The number of carbonyl (C=O) groups excluding carboxylic acids is 2. The third-order valence-corrected chi connectivity index (χ3v) is 4.62. The van der Waals surface area contributed by atoms with Gasteiger partial charge in [-0.3, -0.25) is 9.59 Å². The molecular weight excluding hydrogens is 356 g/mol. The van der Waals surface area contributed by atoms with Crippen molar-refractivity contribution in [1.82, 2.24) is 10.6 Å². The summed E-state index contributed by atoms with van der Waals surface area (Å²) in [4.78, 5) is 25.4. The smallest absolute Gasteiger partial charge is 0.252 e. The zero-order valence-corrected chi connectivity index (χ0v) is 16.5. The highest BCUT2D eigenvalue weighted by Crippen LogP contribution is 2.32. The highest BCUT2D eigenvalue weighted by Gasteiger charge is 2.23. The van der Waals surface area contributed by atoms with Crippen LogP contribution in [0.15, 0.2) is 42.5 Å². The van der Waals surface area contributed by atoms with Gasteiger partial charge < -0.3 is 20.1 Å². The van der Waals surface area contributed by atoms with Gasteiger partial charge in [0.2, 0.25) is 12.7 Å². The number of ether oxygens (including phenoxy) is 2. The van der Waals surface area contributed by atoms with Crippen LogP contribution in [0, 0.1) is 12.8 Å². The molecule has 2 N–H and O–H groups in total. The van der Waals surface area contributed by atoms with E-state index in [-0.39, 0.29) is 24.5 Å². The lowest BCUT2D eigenvalue weighted by Gasteiger charge is -2.21. The molecule has 28 heavy (non-hydrogen) atoms. The van der Waals surface area contributed by atoms with E-state index in [4.69, 9.17) is 9.47 Å². The second kappa shape index (κ2) is 8.78. The van der Waals surface area contributed by atoms with Crippen LogP contribution in [-0.4, -0.2) is 24.6 Å². The molecule has 0 bridgehead atoms. The molecule has 2 aromatic rings. The van der Waals surface area contributed by atoms with E-state index in [0.717, 1.165) is 11.1 Å². The van der Waals surface area contributed by atoms with Gasteiger partial charge in [0.15, 0.2) is 11.5 Å². The van der Waals surface area contributed by atoms with Crippen molar-refractivity contribution in [3.8, 4) is 11.5 Å². The maximum absolute atomic E-state index is 12.8. The lowest BCUT2D eigenvalue weighted by Crippen LogP contribution is -2.47. The van der Waals surface area contributed by atoms with Crippen molar-refractivity contribution < 1.29 is 19.1 Å². The number of rotatable bonds is 7. The van der Waals surface area contributed by atoms with Crippen LogP contribution in [-0.2, 0) is 11.3 Å². The van der Waals surface area contributed by atoms with Gasteiger partial charge in [0.25, 0.3) is 5.91 Å². The molecule has 1 aliphatic rings. The Morgan fingerprint density at radius 2 is 1.82 bits per heavy atom.